The minimum atomic E-state index is -0.401. The highest BCUT2D eigenvalue weighted by Gasteiger charge is 2.38. The molecule has 2 heterocycles. The third kappa shape index (κ3) is 2.23. The second kappa shape index (κ2) is 4.90. The molecule has 19 heavy (non-hydrogen) atoms. The van der Waals surface area contributed by atoms with Gasteiger partial charge in [-0.2, -0.15) is 4.98 Å². The number of ether oxygens (including phenoxy) is 1. The quantitative estimate of drug-likeness (QED) is 0.929. The van der Waals surface area contributed by atoms with Gasteiger partial charge < -0.3 is 15.0 Å². The third-order valence-corrected chi connectivity index (χ3v) is 4.30. The summed E-state index contributed by atoms with van der Waals surface area (Å²) in [7, 11) is 1.71. The van der Waals surface area contributed by atoms with Crippen molar-refractivity contribution in [2.75, 3.05) is 12.8 Å². The number of rotatable bonds is 3. The molecule has 1 aliphatic rings. The minimum absolute atomic E-state index is 0.401. The number of hydrogen-bond donors (Lipinski definition) is 1. The van der Waals surface area contributed by atoms with E-state index in [9.17, 15) is 0 Å². The van der Waals surface area contributed by atoms with Gasteiger partial charge in [0.1, 0.15) is 11.3 Å². The van der Waals surface area contributed by atoms with Gasteiger partial charge in [0.05, 0.1) is 0 Å². The Bertz CT molecular complexity index is 560. The van der Waals surface area contributed by atoms with Crippen molar-refractivity contribution in [3.05, 3.63) is 11.2 Å². The molecule has 3 rings (SSSR count). The lowest BCUT2D eigenvalue weighted by atomic mass is 9.84. The number of methoxy groups -OCH3 is 1. The van der Waals surface area contributed by atoms with Gasteiger partial charge in [-0.05, 0) is 12.8 Å². The number of anilines is 1. The Morgan fingerprint density at radius 1 is 1.32 bits per heavy atom. The molecule has 102 valence electrons. The summed E-state index contributed by atoms with van der Waals surface area (Å²) in [6.45, 7) is 0. The maximum absolute atomic E-state index is 5.69. The maximum atomic E-state index is 5.69. The fourth-order valence-corrected chi connectivity index (χ4v) is 3.08. The molecule has 1 fully saturated rings. The van der Waals surface area contributed by atoms with E-state index in [1.165, 1.54) is 17.8 Å². The first kappa shape index (κ1) is 12.6. The van der Waals surface area contributed by atoms with Crippen LogP contribution in [-0.4, -0.2) is 22.2 Å². The van der Waals surface area contributed by atoms with Crippen molar-refractivity contribution in [2.45, 2.75) is 37.7 Å². The van der Waals surface area contributed by atoms with Crippen molar-refractivity contribution in [3.8, 4) is 11.6 Å². The van der Waals surface area contributed by atoms with E-state index in [1.54, 1.807) is 7.11 Å². The van der Waals surface area contributed by atoms with Gasteiger partial charge in [0.2, 0.25) is 5.82 Å². The van der Waals surface area contributed by atoms with E-state index in [0.29, 0.717) is 22.5 Å². The van der Waals surface area contributed by atoms with Crippen LogP contribution in [0.15, 0.2) is 9.90 Å². The topological polar surface area (TPSA) is 87.1 Å². The summed E-state index contributed by atoms with van der Waals surface area (Å²) in [6, 6.07) is 0. The van der Waals surface area contributed by atoms with Crippen LogP contribution in [-0.2, 0) is 10.3 Å². The fraction of sp³-hybridized carbons (Fsp3) is 0.583. The van der Waals surface area contributed by atoms with Crippen LogP contribution in [0.2, 0.25) is 0 Å². The first-order valence-electron chi connectivity index (χ1n) is 6.34. The van der Waals surface area contributed by atoms with Crippen LogP contribution in [0.1, 0.15) is 37.9 Å². The molecule has 6 nitrogen and oxygen atoms in total. The van der Waals surface area contributed by atoms with Gasteiger partial charge in [-0.3, -0.25) is 0 Å². The van der Waals surface area contributed by atoms with Crippen molar-refractivity contribution >= 4 is 16.5 Å². The zero-order chi connectivity index (χ0) is 13.3. The molecule has 0 amide bonds. The predicted molar refractivity (Wildman–Crippen MR) is 71.6 cm³/mol. The van der Waals surface area contributed by atoms with Crippen molar-refractivity contribution in [3.63, 3.8) is 0 Å². The van der Waals surface area contributed by atoms with Crippen molar-refractivity contribution in [2.24, 2.45) is 0 Å². The van der Waals surface area contributed by atoms with Crippen LogP contribution in [0.4, 0.5) is 5.13 Å². The van der Waals surface area contributed by atoms with E-state index in [2.05, 4.69) is 15.1 Å². The van der Waals surface area contributed by atoms with Gasteiger partial charge >= 0.3 is 0 Å². The normalized spacial score (nSPS) is 18.6. The van der Waals surface area contributed by atoms with Crippen LogP contribution in [0.3, 0.4) is 0 Å². The average molecular weight is 280 g/mol. The number of nitrogens with two attached hydrogens (primary N) is 1. The summed E-state index contributed by atoms with van der Waals surface area (Å²) in [4.78, 5) is 8.59. The molecule has 0 aromatic carbocycles. The number of thiazole rings is 1. The Morgan fingerprint density at radius 3 is 2.74 bits per heavy atom. The third-order valence-electron chi connectivity index (χ3n) is 3.63. The first-order valence-corrected chi connectivity index (χ1v) is 7.22. The van der Waals surface area contributed by atoms with E-state index >= 15 is 0 Å². The highest BCUT2D eigenvalue weighted by molar-refractivity contribution is 7.13. The zero-order valence-corrected chi connectivity index (χ0v) is 11.6. The molecule has 2 aromatic heterocycles. The van der Waals surface area contributed by atoms with E-state index in [-0.39, 0.29) is 0 Å². The largest absolute Gasteiger partial charge is 0.375 e. The smallest absolute Gasteiger partial charge is 0.277 e. The average Bonchev–Trinajstić information content (AvgIpc) is 3.08. The minimum Gasteiger partial charge on any atom is -0.375 e. The van der Waals surface area contributed by atoms with E-state index in [1.807, 2.05) is 5.38 Å². The zero-order valence-electron chi connectivity index (χ0n) is 10.8. The predicted octanol–water partition coefficient (Wildman–Crippen LogP) is 2.58. The highest BCUT2D eigenvalue weighted by atomic mass is 32.1. The van der Waals surface area contributed by atoms with Crippen LogP contribution >= 0.6 is 11.3 Å². The summed E-state index contributed by atoms with van der Waals surface area (Å²) < 4.78 is 11.0. The molecule has 2 N–H and O–H groups in total. The summed E-state index contributed by atoms with van der Waals surface area (Å²) in [5.41, 5.74) is 5.84. The SMILES string of the molecule is COC1(c2noc(-c3csc(N)n3)n2)CCCCC1. The Balaban J connectivity index is 1.91. The fourth-order valence-electron chi connectivity index (χ4n) is 2.54. The Kier molecular flexibility index (Phi) is 3.24. The summed E-state index contributed by atoms with van der Waals surface area (Å²) in [5, 5.41) is 6.39. The molecule has 1 aliphatic carbocycles. The molecular formula is C12H16N4O2S. The molecule has 1 saturated carbocycles. The van der Waals surface area contributed by atoms with Crippen molar-refractivity contribution < 1.29 is 9.26 Å². The lowest BCUT2D eigenvalue weighted by Gasteiger charge is -2.32. The Morgan fingerprint density at radius 2 is 2.11 bits per heavy atom. The lowest BCUT2D eigenvalue weighted by Crippen LogP contribution is -2.32. The van der Waals surface area contributed by atoms with E-state index in [0.717, 1.165) is 25.7 Å². The molecule has 0 saturated heterocycles. The molecule has 7 heteroatoms. The summed E-state index contributed by atoms with van der Waals surface area (Å²) in [5.74, 6) is 1.03. The molecule has 0 spiro atoms. The number of aromatic nitrogens is 3. The van der Waals surface area contributed by atoms with Crippen molar-refractivity contribution in [1.29, 1.82) is 0 Å². The van der Waals surface area contributed by atoms with Crippen molar-refractivity contribution in [1.82, 2.24) is 15.1 Å². The van der Waals surface area contributed by atoms with Gasteiger partial charge in [-0.25, -0.2) is 4.98 Å². The van der Waals surface area contributed by atoms with Crippen LogP contribution < -0.4 is 5.73 Å². The molecule has 2 aromatic rings. The second-order valence-electron chi connectivity index (χ2n) is 4.75. The lowest BCUT2D eigenvalue weighted by molar-refractivity contribution is -0.0527. The van der Waals surface area contributed by atoms with Gasteiger partial charge in [-0.1, -0.05) is 24.4 Å². The number of hydrogen-bond acceptors (Lipinski definition) is 7. The molecule has 0 bridgehead atoms. The Labute approximate surface area is 115 Å². The summed E-state index contributed by atoms with van der Waals surface area (Å²) in [6.07, 6.45) is 5.35. The van der Waals surface area contributed by atoms with E-state index < -0.39 is 5.60 Å². The van der Waals surface area contributed by atoms with Crippen LogP contribution in [0.5, 0.6) is 0 Å². The first-order chi connectivity index (χ1) is 9.23. The highest BCUT2D eigenvalue weighted by Crippen LogP contribution is 2.39. The number of nitrogen functional groups attached to an aromatic ring is 1. The van der Waals surface area contributed by atoms with Gasteiger partial charge in [0, 0.05) is 12.5 Å². The molecular weight excluding hydrogens is 264 g/mol. The number of nitrogens with zero attached hydrogens (tertiary/aromatic N) is 3. The van der Waals surface area contributed by atoms with Gasteiger partial charge in [-0.15, -0.1) is 11.3 Å². The van der Waals surface area contributed by atoms with Crippen LogP contribution in [0.25, 0.3) is 11.6 Å². The van der Waals surface area contributed by atoms with Crippen LogP contribution in [0, 0.1) is 0 Å². The monoisotopic (exact) mass is 280 g/mol. The standard InChI is InChI=1S/C12H16N4O2S/c1-17-12(5-3-2-4-6-12)10-15-9(18-16-10)8-7-19-11(13)14-8/h7H,2-6H2,1H3,(H2,13,14). The Hall–Kier alpha value is -1.47. The molecule has 0 aliphatic heterocycles. The maximum Gasteiger partial charge on any atom is 0.277 e. The van der Waals surface area contributed by atoms with Gasteiger partial charge in [0.25, 0.3) is 5.89 Å². The molecule has 0 radical (unpaired) electrons. The molecule has 0 atom stereocenters. The second-order valence-corrected chi connectivity index (χ2v) is 5.64. The van der Waals surface area contributed by atoms with E-state index in [4.69, 9.17) is 15.0 Å². The molecule has 0 unspecified atom stereocenters. The summed E-state index contributed by atoms with van der Waals surface area (Å²) >= 11 is 1.36. The van der Waals surface area contributed by atoms with Gasteiger partial charge in [0.15, 0.2) is 5.13 Å².